The zero-order chi connectivity index (χ0) is 10.5. The van der Waals surface area contributed by atoms with E-state index in [1.54, 1.807) is 0 Å². The monoisotopic (exact) mass is 228 g/mol. The average molecular weight is 228 g/mol. The quantitative estimate of drug-likeness (QED) is 0.802. The first kappa shape index (κ1) is 11.3. The molecule has 3 nitrogen and oxygen atoms in total. The zero-order valence-electron chi connectivity index (χ0n) is 9.37. The summed E-state index contributed by atoms with van der Waals surface area (Å²) in [6.45, 7) is 4.05. The molecule has 2 unspecified atom stereocenters. The summed E-state index contributed by atoms with van der Waals surface area (Å²) in [5.74, 6) is 1.15. The van der Waals surface area contributed by atoms with Gasteiger partial charge in [0.1, 0.15) is 0 Å². The van der Waals surface area contributed by atoms with Crippen LogP contribution in [0, 0.1) is 0 Å². The molecule has 0 radical (unpaired) electrons. The molecule has 4 heteroatoms. The van der Waals surface area contributed by atoms with Crippen LogP contribution in [0.3, 0.4) is 0 Å². The minimum absolute atomic E-state index is 0.465. The maximum Gasteiger partial charge on any atom is 0.156 e. The number of amidine groups is 1. The van der Waals surface area contributed by atoms with Crippen LogP contribution in [0.5, 0.6) is 0 Å². The smallest absolute Gasteiger partial charge is 0.156 e. The van der Waals surface area contributed by atoms with Crippen molar-refractivity contribution in [2.45, 2.75) is 44.8 Å². The molecule has 0 amide bonds. The normalized spacial score (nSPS) is 34.3. The van der Waals surface area contributed by atoms with Gasteiger partial charge in [-0.25, -0.2) is 0 Å². The molecule has 0 aromatic carbocycles. The third-order valence-electron chi connectivity index (χ3n) is 2.82. The topological polar surface area (TPSA) is 33.6 Å². The number of nitrogens with one attached hydrogen (secondary N) is 1. The summed E-state index contributed by atoms with van der Waals surface area (Å²) in [5.41, 5.74) is 0. The first-order valence-electron chi connectivity index (χ1n) is 5.90. The van der Waals surface area contributed by atoms with Gasteiger partial charge in [-0.3, -0.25) is 4.99 Å². The largest absolute Gasteiger partial charge is 0.378 e. The van der Waals surface area contributed by atoms with Crippen LogP contribution in [-0.2, 0) is 4.74 Å². The Labute approximate surface area is 96.1 Å². The predicted octanol–water partition coefficient (Wildman–Crippen LogP) is 2.03. The first-order valence-corrected chi connectivity index (χ1v) is 6.88. The lowest BCUT2D eigenvalue weighted by Crippen LogP contribution is -2.24. The second kappa shape index (κ2) is 5.75. The second-order valence-corrected chi connectivity index (χ2v) is 5.33. The highest BCUT2D eigenvalue weighted by atomic mass is 32.2. The van der Waals surface area contributed by atoms with Gasteiger partial charge in [-0.15, -0.1) is 0 Å². The fourth-order valence-corrected chi connectivity index (χ4v) is 2.89. The van der Waals surface area contributed by atoms with Gasteiger partial charge in [0.15, 0.2) is 5.17 Å². The molecule has 86 valence electrons. The summed E-state index contributed by atoms with van der Waals surface area (Å²) < 4.78 is 5.67. The predicted molar refractivity (Wildman–Crippen MR) is 65.6 cm³/mol. The first-order chi connectivity index (χ1) is 7.34. The summed E-state index contributed by atoms with van der Waals surface area (Å²) in [6.07, 6.45) is 5.33. The minimum atomic E-state index is 0.465. The van der Waals surface area contributed by atoms with Crippen molar-refractivity contribution in [1.82, 2.24) is 5.32 Å². The number of nitrogens with zero attached hydrogens (tertiary/aromatic N) is 1. The van der Waals surface area contributed by atoms with Crippen LogP contribution in [0.2, 0.25) is 0 Å². The maximum atomic E-state index is 5.67. The average Bonchev–Trinajstić information content (AvgIpc) is 2.66. The van der Waals surface area contributed by atoms with Gasteiger partial charge in [-0.2, -0.15) is 0 Å². The lowest BCUT2D eigenvalue weighted by Gasteiger charge is -2.21. The van der Waals surface area contributed by atoms with Crippen molar-refractivity contribution in [3.8, 4) is 0 Å². The molecule has 2 fully saturated rings. The molecule has 2 saturated heterocycles. The SMILES string of the molecule is CC1CSC(=NCCC2CCCCO2)N1. The van der Waals surface area contributed by atoms with Gasteiger partial charge < -0.3 is 10.1 Å². The van der Waals surface area contributed by atoms with E-state index in [2.05, 4.69) is 17.2 Å². The van der Waals surface area contributed by atoms with Crippen molar-refractivity contribution < 1.29 is 4.74 Å². The molecule has 2 aliphatic rings. The molecule has 2 atom stereocenters. The Kier molecular flexibility index (Phi) is 4.32. The number of thioether (sulfide) groups is 1. The summed E-state index contributed by atoms with van der Waals surface area (Å²) in [7, 11) is 0. The van der Waals surface area contributed by atoms with Crippen molar-refractivity contribution in [3.05, 3.63) is 0 Å². The van der Waals surface area contributed by atoms with Gasteiger partial charge in [0.25, 0.3) is 0 Å². The fraction of sp³-hybridized carbons (Fsp3) is 0.909. The molecule has 2 aliphatic heterocycles. The van der Waals surface area contributed by atoms with Crippen LogP contribution in [0.25, 0.3) is 0 Å². The minimum Gasteiger partial charge on any atom is -0.378 e. The molecule has 0 saturated carbocycles. The van der Waals surface area contributed by atoms with Crippen LogP contribution in [-0.4, -0.2) is 36.2 Å². The van der Waals surface area contributed by atoms with Crippen LogP contribution in [0.4, 0.5) is 0 Å². The molecule has 0 aromatic rings. The Hall–Kier alpha value is -0.220. The van der Waals surface area contributed by atoms with Gasteiger partial charge >= 0.3 is 0 Å². The van der Waals surface area contributed by atoms with Crippen molar-refractivity contribution in [3.63, 3.8) is 0 Å². The van der Waals surface area contributed by atoms with Gasteiger partial charge in [0.2, 0.25) is 0 Å². The van der Waals surface area contributed by atoms with E-state index in [0.717, 1.165) is 30.5 Å². The maximum absolute atomic E-state index is 5.67. The van der Waals surface area contributed by atoms with E-state index in [1.165, 1.54) is 19.3 Å². The van der Waals surface area contributed by atoms with E-state index >= 15 is 0 Å². The molecule has 0 spiro atoms. The lowest BCUT2D eigenvalue weighted by molar-refractivity contribution is 0.0129. The second-order valence-electron chi connectivity index (χ2n) is 4.32. The number of ether oxygens (including phenoxy) is 1. The van der Waals surface area contributed by atoms with Crippen LogP contribution in [0.1, 0.15) is 32.6 Å². The van der Waals surface area contributed by atoms with Crippen molar-refractivity contribution in [2.75, 3.05) is 18.9 Å². The zero-order valence-corrected chi connectivity index (χ0v) is 10.2. The highest BCUT2D eigenvalue weighted by Crippen LogP contribution is 2.17. The summed E-state index contributed by atoms with van der Waals surface area (Å²) in [5, 5.41) is 4.49. The number of aliphatic imine (C=N–C) groups is 1. The molecule has 15 heavy (non-hydrogen) atoms. The third kappa shape index (κ3) is 3.68. The third-order valence-corrected chi connectivity index (χ3v) is 4.01. The van der Waals surface area contributed by atoms with E-state index in [4.69, 9.17) is 4.74 Å². The van der Waals surface area contributed by atoms with E-state index in [0.29, 0.717) is 12.1 Å². The Balaban J connectivity index is 1.65. The summed E-state index contributed by atoms with van der Waals surface area (Å²) in [4.78, 5) is 4.56. The van der Waals surface area contributed by atoms with Crippen molar-refractivity contribution in [1.29, 1.82) is 0 Å². The fourth-order valence-electron chi connectivity index (χ4n) is 1.93. The Morgan fingerprint density at radius 1 is 1.53 bits per heavy atom. The van der Waals surface area contributed by atoms with Crippen molar-refractivity contribution >= 4 is 16.9 Å². The van der Waals surface area contributed by atoms with E-state index in [1.807, 2.05) is 11.8 Å². The van der Waals surface area contributed by atoms with Gasteiger partial charge in [-0.1, -0.05) is 11.8 Å². The molecule has 2 rings (SSSR count). The highest BCUT2D eigenvalue weighted by molar-refractivity contribution is 8.14. The van der Waals surface area contributed by atoms with E-state index in [9.17, 15) is 0 Å². The summed E-state index contributed by atoms with van der Waals surface area (Å²) in [6, 6.07) is 0.583. The number of hydrogen-bond acceptors (Lipinski definition) is 3. The van der Waals surface area contributed by atoms with Crippen LogP contribution >= 0.6 is 11.8 Å². The van der Waals surface area contributed by atoms with Gasteiger partial charge in [0.05, 0.1) is 6.10 Å². The van der Waals surface area contributed by atoms with Crippen molar-refractivity contribution in [2.24, 2.45) is 4.99 Å². The molecule has 0 aromatic heterocycles. The standard InChI is InChI=1S/C11H20N2OS/c1-9-8-15-11(13-9)12-6-5-10-4-2-3-7-14-10/h9-10H,2-8H2,1H3,(H,12,13). The Morgan fingerprint density at radius 3 is 3.13 bits per heavy atom. The molecule has 2 heterocycles. The number of hydrogen-bond donors (Lipinski definition) is 1. The van der Waals surface area contributed by atoms with Crippen LogP contribution in [0.15, 0.2) is 4.99 Å². The molecular formula is C11H20N2OS. The summed E-state index contributed by atoms with van der Waals surface area (Å²) >= 11 is 1.84. The van der Waals surface area contributed by atoms with Gasteiger partial charge in [-0.05, 0) is 32.6 Å². The Morgan fingerprint density at radius 2 is 2.47 bits per heavy atom. The van der Waals surface area contributed by atoms with E-state index in [-0.39, 0.29) is 0 Å². The molecular weight excluding hydrogens is 208 g/mol. The van der Waals surface area contributed by atoms with E-state index < -0.39 is 0 Å². The highest BCUT2D eigenvalue weighted by Gasteiger charge is 2.16. The molecule has 0 bridgehead atoms. The van der Waals surface area contributed by atoms with Gasteiger partial charge in [0, 0.05) is 24.9 Å². The molecule has 1 N–H and O–H groups in total. The Bertz CT molecular complexity index is 227. The molecule has 0 aliphatic carbocycles. The lowest BCUT2D eigenvalue weighted by atomic mass is 10.1. The number of rotatable bonds is 3. The van der Waals surface area contributed by atoms with Crippen LogP contribution < -0.4 is 5.32 Å².